The second-order valence-electron chi connectivity index (χ2n) is 4.76. The first-order chi connectivity index (χ1) is 10.1. The van der Waals surface area contributed by atoms with Crippen molar-refractivity contribution >= 4 is 17.4 Å². The number of anilines is 1. The minimum Gasteiger partial charge on any atom is -0.349 e. The smallest absolute Gasteiger partial charge is 0.155 e. The van der Waals surface area contributed by atoms with Crippen LogP contribution in [0.3, 0.4) is 0 Å². The molecule has 0 saturated carbocycles. The van der Waals surface area contributed by atoms with Crippen LogP contribution in [0.25, 0.3) is 0 Å². The first-order valence-corrected chi connectivity index (χ1v) is 7.01. The van der Waals surface area contributed by atoms with Crippen molar-refractivity contribution in [2.24, 2.45) is 0 Å². The monoisotopic (exact) mass is 301 g/mol. The molecule has 0 amide bonds. The number of halogens is 1. The van der Waals surface area contributed by atoms with Crippen molar-refractivity contribution < 1.29 is 0 Å². The van der Waals surface area contributed by atoms with E-state index in [1.54, 1.807) is 6.20 Å². The van der Waals surface area contributed by atoms with E-state index < -0.39 is 0 Å². The van der Waals surface area contributed by atoms with Gasteiger partial charge in [-0.3, -0.25) is 4.98 Å². The highest BCUT2D eigenvalue weighted by atomic mass is 35.5. The summed E-state index contributed by atoms with van der Waals surface area (Å²) in [6.07, 6.45) is 3.97. The number of rotatable bonds is 5. The average molecular weight is 302 g/mol. The lowest BCUT2D eigenvalue weighted by Gasteiger charge is -2.24. The first-order valence-electron chi connectivity index (χ1n) is 6.63. The van der Waals surface area contributed by atoms with E-state index in [1.165, 1.54) is 0 Å². The minimum absolute atomic E-state index is 0.415. The molecule has 21 heavy (non-hydrogen) atoms. The van der Waals surface area contributed by atoms with E-state index in [2.05, 4.69) is 21.3 Å². The summed E-state index contributed by atoms with van der Waals surface area (Å²) in [7, 11) is 0. The molecule has 6 heteroatoms. The molecule has 0 bridgehead atoms. The van der Waals surface area contributed by atoms with Gasteiger partial charge < -0.3 is 4.90 Å². The molecule has 0 N–H and O–H groups in total. The molecule has 0 atom stereocenters. The van der Waals surface area contributed by atoms with Crippen molar-refractivity contribution in [1.82, 2.24) is 15.2 Å². The highest BCUT2D eigenvalue weighted by Gasteiger charge is 2.15. The molecule has 0 aliphatic rings. The molecule has 0 aromatic carbocycles. The molecule has 2 aromatic heterocycles. The zero-order valence-electron chi connectivity index (χ0n) is 12.0. The van der Waals surface area contributed by atoms with Crippen molar-refractivity contribution in [3.63, 3.8) is 0 Å². The quantitative estimate of drug-likeness (QED) is 0.849. The summed E-state index contributed by atoms with van der Waals surface area (Å²) in [5, 5.41) is 17.5. The van der Waals surface area contributed by atoms with Crippen molar-refractivity contribution in [3.05, 3.63) is 46.4 Å². The fourth-order valence-electron chi connectivity index (χ4n) is 2.02. The molecule has 0 saturated heterocycles. The molecule has 5 nitrogen and oxygen atoms in total. The standard InChI is InChI=1S/C15H16ClN5/c1-11-12(2)15(20-19-14(11)16)21(8-4-6-17)10-13-5-3-7-18-9-13/h3,5,7,9H,4,8,10H2,1-2H3. The lowest BCUT2D eigenvalue weighted by Crippen LogP contribution is -2.26. The molecule has 2 rings (SSSR count). The van der Waals surface area contributed by atoms with Gasteiger partial charge in [-0.25, -0.2) is 0 Å². The van der Waals surface area contributed by atoms with Crippen LogP contribution in [-0.4, -0.2) is 21.7 Å². The van der Waals surface area contributed by atoms with Gasteiger partial charge in [0.25, 0.3) is 0 Å². The van der Waals surface area contributed by atoms with Gasteiger partial charge in [0.15, 0.2) is 11.0 Å². The molecule has 108 valence electrons. The molecule has 0 radical (unpaired) electrons. The third-order valence-corrected chi connectivity index (χ3v) is 3.69. The van der Waals surface area contributed by atoms with E-state index in [9.17, 15) is 0 Å². The molecule has 2 heterocycles. The van der Waals surface area contributed by atoms with Crippen molar-refractivity contribution in [3.8, 4) is 6.07 Å². The number of hydrogen-bond donors (Lipinski definition) is 0. The number of pyridine rings is 1. The molecule has 0 spiro atoms. The molecule has 0 unspecified atom stereocenters. The molecule has 0 aliphatic heterocycles. The summed E-state index contributed by atoms with van der Waals surface area (Å²) in [4.78, 5) is 6.15. The zero-order valence-corrected chi connectivity index (χ0v) is 12.8. The van der Waals surface area contributed by atoms with E-state index in [-0.39, 0.29) is 0 Å². The second kappa shape index (κ2) is 7.00. The number of aromatic nitrogens is 3. The fraction of sp³-hybridized carbons (Fsp3) is 0.333. The van der Waals surface area contributed by atoms with E-state index in [0.29, 0.717) is 24.7 Å². The van der Waals surface area contributed by atoms with Crippen LogP contribution in [0.15, 0.2) is 24.5 Å². The Bertz CT molecular complexity index is 651. The van der Waals surface area contributed by atoms with Gasteiger partial charge in [-0.05, 0) is 36.6 Å². The van der Waals surface area contributed by atoms with Gasteiger partial charge in [-0.1, -0.05) is 17.7 Å². The number of nitrogens with zero attached hydrogens (tertiary/aromatic N) is 5. The van der Waals surface area contributed by atoms with Crippen LogP contribution in [0, 0.1) is 25.2 Å². The lowest BCUT2D eigenvalue weighted by molar-refractivity contribution is 0.760. The van der Waals surface area contributed by atoms with Gasteiger partial charge in [0.2, 0.25) is 0 Å². The maximum absolute atomic E-state index is 8.85. The molecule has 0 aliphatic carbocycles. The molecular weight excluding hydrogens is 286 g/mol. The van der Waals surface area contributed by atoms with Gasteiger partial charge in [0.1, 0.15) is 0 Å². The Morgan fingerprint density at radius 3 is 2.76 bits per heavy atom. The van der Waals surface area contributed by atoms with Crippen molar-refractivity contribution in [2.75, 3.05) is 11.4 Å². The van der Waals surface area contributed by atoms with Crippen LogP contribution >= 0.6 is 11.6 Å². The average Bonchev–Trinajstić information content (AvgIpc) is 2.51. The first kappa shape index (κ1) is 15.2. The van der Waals surface area contributed by atoms with E-state index in [4.69, 9.17) is 16.9 Å². The van der Waals surface area contributed by atoms with Crippen LogP contribution < -0.4 is 4.90 Å². The Morgan fingerprint density at radius 1 is 1.29 bits per heavy atom. The SMILES string of the molecule is Cc1c(Cl)nnc(N(CCC#N)Cc2cccnc2)c1C. The maximum atomic E-state index is 8.85. The highest BCUT2D eigenvalue weighted by molar-refractivity contribution is 6.30. The highest BCUT2D eigenvalue weighted by Crippen LogP contribution is 2.25. The van der Waals surface area contributed by atoms with E-state index in [0.717, 1.165) is 22.5 Å². The number of hydrogen-bond acceptors (Lipinski definition) is 5. The zero-order chi connectivity index (χ0) is 15.2. The fourth-order valence-corrected chi connectivity index (χ4v) is 2.20. The summed E-state index contributed by atoms with van der Waals surface area (Å²) < 4.78 is 0. The lowest BCUT2D eigenvalue weighted by atomic mass is 10.1. The normalized spacial score (nSPS) is 10.2. The van der Waals surface area contributed by atoms with Gasteiger partial charge in [0, 0.05) is 25.5 Å². The number of nitriles is 1. The Labute approximate surface area is 129 Å². The second-order valence-corrected chi connectivity index (χ2v) is 5.11. The van der Waals surface area contributed by atoms with Gasteiger partial charge in [0.05, 0.1) is 12.5 Å². The third kappa shape index (κ3) is 3.67. The van der Waals surface area contributed by atoms with Gasteiger partial charge in [-0.2, -0.15) is 5.26 Å². The van der Waals surface area contributed by atoms with Crippen LogP contribution in [0.5, 0.6) is 0 Å². The molecule has 0 fully saturated rings. The largest absolute Gasteiger partial charge is 0.349 e. The van der Waals surface area contributed by atoms with Crippen LogP contribution in [-0.2, 0) is 6.54 Å². The Kier molecular flexibility index (Phi) is 5.07. The Morgan fingerprint density at radius 2 is 2.10 bits per heavy atom. The van der Waals surface area contributed by atoms with Gasteiger partial charge >= 0.3 is 0 Å². The van der Waals surface area contributed by atoms with Crippen molar-refractivity contribution in [1.29, 1.82) is 5.26 Å². The maximum Gasteiger partial charge on any atom is 0.155 e. The predicted molar refractivity (Wildman–Crippen MR) is 82.0 cm³/mol. The summed E-state index contributed by atoms with van der Waals surface area (Å²) in [6.45, 7) is 5.10. The van der Waals surface area contributed by atoms with Crippen LogP contribution in [0.4, 0.5) is 5.82 Å². The predicted octanol–water partition coefficient (Wildman–Crippen LogP) is 3.06. The van der Waals surface area contributed by atoms with E-state index >= 15 is 0 Å². The summed E-state index contributed by atoms with van der Waals surface area (Å²) in [5.41, 5.74) is 2.95. The molecule has 2 aromatic rings. The van der Waals surface area contributed by atoms with Crippen LogP contribution in [0.1, 0.15) is 23.1 Å². The van der Waals surface area contributed by atoms with E-state index in [1.807, 2.05) is 37.1 Å². The topological polar surface area (TPSA) is 65.7 Å². The minimum atomic E-state index is 0.415. The van der Waals surface area contributed by atoms with Crippen molar-refractivity contribution in [2.45, 2.75) is 26.8 Å². The van der Waals surface area contributed by atoms with Crippen LogP contribution in [0.2, 0.25) is 5.15 Å². The Balaban J connectivity index is 2.32. The summed E-state index contributed by atoms with van der Waals surface area (Å²) >= 11 is 6.00. The summed E-state index contributed by atoms with van der Waals surface area (Å²) in [5.74, 6) is 0.760. The van der Waals surface area contributed by atoms with Gasteiger partial charge in [-0.15, -0.1) is 10.2 Å². The third-order valence-electron chi connectivity index (χ3n) is 3.33. The summed E-state index contributed by atoms with van der Waals surface area (Å²) in [6, 6.07) is 6.06. The molecular formula is C15H16ClN5. The Hall–Kier alpha value is -2.19.